The minimum atomic E-state index is -1.63. The van der Waals surface area contributed by atoms with Crippen LogP contribution in [0.15, 0.2) is 35.6 Å². The number of pyridine rings is 2. The monoisotopic (exact) mass is 577 g/mol. The molecule has 0 spiro atoms. The molecule has 0 atom stereocenters. The van der Waals surface area contributed by atoms with Gasteiger partial charge in [-0.05, 0) is 75.2 Å². The number of hydrogen-bond acceptors (Lipinski definition) is 7. The van der Waals surface area contributed by atoms with Gasteiger partial charge in [-0.2, -0.15) is 4.99 Å². The van der Waals surface area contributed by atoms with Crippen molar-refractivity contribution in [3.05, 3.63) is 41.7 Å². The van der Waals surface area contributed by atoms with Crippen molar-refractivity contribution < 1.29 is 24.1 Å². The zero-order chi connectivity index (χ0) is 30.2. The number of aromatic nitrogens is 2. The third-order valence-corrected chi connectivity index (χ3v) is 7.75. The Kier molecular flexibility index (Phi) is 11.1. The van der Waals surface area contributed by atoms with Crippen LogP contribution in [0.3, 0.4) is 0 Å². The highest BCUT2D eigenvalue weighted by Gasteiger charge is 2.28. The SMILES string of the molecule is Cc1cc(OCC(C)(C)C(=O)O)ncc1-c1ccc(C(=N)/N=C(\NCOCC[SH](C)(C)(C)C)OCC(C)C)cn1. The highest BCUT2D eigenvalue weighted by Crippen LogP contribution is 2.54. The van der Waals surface area contributed by atoms with Crippen LogP contribution in [0.2, 0.25) is 0 Å². The van der Waals surface area contributed by atoms with Gasteiger partial charge in [-0.15, -0.1) is 0 Å². The molecule has 10 nitrogen and oxygen atoms in total. The van der Waals surface area contributed by atoms with E-state index in [-0.39, 0.29) is 25.2 Å². The lowest BCUT2D eigenvalue weighted by molar-refractivity contribution is -0.148. The second-order valence-corrected chi connectivity index (χ2v) is 21.5. The van der Waals surface area contributed by atoms with Gasteiger partial charge in [0.05, 0.1) is 24.3 Å². The predicted octanol–water partition coefficient (Wildman–Crippen LogP) is 4.45. The van der Waals surface area contributed by atoms with Crippen LogP contribution in [0.1, 0.15) is 38.8 Å². The molecule has 11 heteroatoms. The molecule has 0 aromatic carbocycles. The summed E-state index contributed by atoms with van der Waals surface area (Å²) in [4.78, 5) is 24.5. The molecule has 0 bridgehead atoms. The van der Waals surface area contributed by atoms with Crippen molar-refractivity contribution in [3.63, 3.8) is 0 Å². The maximum Gasteiger partial charge on any atom is 0.312 e. The molecule has 224 valence electrons. The summed E-state index contributed by atoms with van der Waals surface area (Å²) in [5, 5.41) is 20.8. The Morgan fingerprint density at radius 2 is 1.88 bits per heavy atom. The van der Waals surface area contributed by atoms with Crippen molar-refractivity contribution >= 4 is 27.0 Å². The van der Waals surface area contributed by atoms with Gasteiger partial charge < -0.3 is 24.6 Å². The van der Waals surface area contributed by atoms with E-state index >= 15 is 0 Å². The van der Waals surface area contributed by atoms with Crippen molar-refractivity contribution in [3.8, 4) is 17.1 Å². The van der Waals surface area contributed by atoms with Gasteiger partial charge in [0.15, 0.2) is 5.84 Å². The first-order chi connectivity index (χ1) is 18.4. The Bertz CT molecular complexity index is 1190. The fourth-order valence-corrected chi connectivity index (χ4v) is 3.90. The first kappa shape index (κ1) is 33.0. The number of ether oxygens (including phenoxy) is 3. The van der Waals surface area contributed by atoms with E-state index in [0.29, 0.717) is 36.3 Å². The van der Waals surface area contributed by atoms with E-state index in [4.69, 9.17) is 19.6 Å². The molecule has 0 saturated heterocycles. The van der Waals surface area contributed by atoms with Crippen molar-refractivity contribution in [1.82, 2.24) is 15.3 Å². The smallest absolute Gasteiger partial charge is 0.312 e. The average molecular weight is 578 g/mol. The number of carboxylic acid groups (broad SMARTS) is 1. The molecule has 0 saturated carbocycles. The molecule has 3 N–H and O–H groups in total. The molecule has 0 aliphatic heterocycles. The van der Waals surface area contributed by atoms with E-state index in [0.717, 1.165) is 16.9 Å². The number of nitrogens with one attached hydrogen (secondary N) is 2. The summed E-state index contributed by atoms with van der Waals surface area (Å²) in [6.45, 7) is 10.5. The number of nitrogens with zero attached hydrogens (tertiary/aromatic N) is 3. The molecule has 0 amide bonds. The standard InChI is InChI=1S/C29H47N5O5S/c1-20(2)17-38-28(33-19-37-12-13-40(6,7,8)9)34-26(30)22-10-11-24(31-15-22)23-16-32-25(14-21(23)3)39-18-29(4,5)27(35)36/h10-11,14-16,20,40H,12-13,17-19H2,1-9H3,(H,35,36)(H2,30,33,34). The highest BCUT2D eigenvalue weighted by molar-refractivity contribution is 8.47. The lowest BCUT2D eigenvalue weighted by Gasteiger charge is -2.46. The average Bonchev–Trinajstić information content (AvgIpc) is 2.84. The van der Waals surface area contributed by atoms with Crippen LogP contribution in [0, 0.1) is 23.7 Å². The second kappa shape index (κ2) is 13.5. The van der Waals surface area contributed by atoms with Gasteiger partial charge in [-0.3, -0.25) is 24.3 Å². The van der Waals surface area contributed by atoms with Crippen molar-refractivity contribution in [2.24, 2.45) is 16.3 Å². The number of carbonyl (C=O) groups is 1. The summed E-state index contributed by atoms with van der Waals surface area (Å²) in [5.74, 6) is 0.748. The number of amidine groups is 2. The Morgan fingerprint density at radius 3 is 2.42 bits per heavy atom. The second-order valence-electron chi connectivity index (χ2n) is 13.1. The Hall–Kier alpha value is -3.18. The Morgan fingerprint density at radius 1 is 1.18 bits per heavy atom. The maximum absolute atomic E-state index is 11.3. The Labute approximate surface area is 238 Å². The van der Waals surface area contributed by atoms with Crippen LogP contribution < -0.4 is 10.1 Å². The molecule has 2 rings (SSSR count). The van der Waals surface area contributed by atoms with Gasteiger partial charge in [0.2, 0.25) is 5.88 Å². The molecule has 0 unspecified atom stereocenters. The van der Waals surface area contributed by atoms with Gasteiger partial charge >= 0.3 is 5.97 Å². The zero-order valence-electron chi connectivity index (χ0n) is 25.4. The lowest BCUT2D eigenvalue weighted by Crippen LogP contribution is -2.32. The molecule has 0 fully saturated rings. The van der Waals surface area contributed by atoms with Crippen LogP contribution in [-0.4, -0.2) is 90.2 Å². The molecule has 2 aromatic heterocycles. The summed E-state index contributed by atoms with van der Waals surface area (Å²) in [5.41, 5.74) is 1.88. The molecule has 0 aliphatic carbocycles. The minimum absolute atomic E-state index is 0.00486. The molecular formula is C29H47N5O5S. The summed E-state index contributed by atoms with van der Waals surface area (Å²) < 4.78 is 17.2. The van der Waals surface area contributed by atoms with Crippen LogP contribution in [-0.2, 0) is 14.3 Å². The number of rotatable bonds is 13. The first-order valence-electron chi connectivity index (χ1n) is 13.3. The maximum atomic E-state index is 11.3. The van der Waals surface area contributed by atoms with E-state index in [1.807, 2.05) is 20.8 Å². The van der Waals surface area contributed by atoms with Gasteiger partial charge in [-0.25, -0.2) is 4.98 Å². The number of aryl methyl sites for hydroxylation is 1. The minimum Gasteiger partial charge on any atom is -0.481 e. The lowest BCUT2D eigenvalue weighted by atomic mass is 9.95. The third-order valence-electron chi connectivity index (χ3n) is 5.78. The third kappa shape index (κ3) is 11.5. The highest BCUT2D eigenvalue weighted by atomic mass is 32.3. The van der Waals surface area contributed by atoms with E-state index in [1.54, 1.807) is 44.4 Å². The van der Waals surface area contributed by atoms with E-state index < -0.39 is 20.5 Å². The quantitative estimate of drug-likeness (QED) is 0.0900. The van der Waals surface area contributed by atoms with Gasteiger partial charge in [0, 0.05) is 29.6 Å². The summed E-state index contributed by atoms with van der Waals surface area (Å²) >= 11 is 0. The van der Waals surface area contributed by atoms with E-state index in [1.165, 1.54) is 0 Å². The van der Waals surface area contributed by atoms with Crippen LogP contribution in [0.25, 0.3) is 11.3 Å². The molecule has 0 aliphatic rings. The fraction of sp³-hybridized carbons (Fsp3) is 0.552. The van der Waals surface area contributed by atoms with Crippen LogP contribution >= 0.6 is 9.16 Å². The molecule has 0 radical (unpaired) electrons. The van der Waals surface area contributed by atoms with Gasteiger partial charge in [-0.1, -0.05) is 13.8 Å². The first-order valence-corrected chi connectivity index (χ1v) is 17.6. The number of aliphatic imine (C=N–C) groups is 1. The molecule has 40 heavy (non-hydrogen) atoms. The fourth-order valence-electron chi connectivity index (χ4n) is 3.04. The van der Waals surface area contributed by atoms with Gasteiger partial charge in [0.25, 0.3) is 6.02 Å². The summed E-state index contributed by atoms with van der Waals surface area (Å²) in [7, 11) is -1.63. The number of thiol groups is 1. The molecular weight excluding hydrogens is 530 g/mol. The zero-order valence-corrected chi connectivity index (χ0v) is 26.3. The largest absolute Gasteiger partial charge is 0.481 e. The van der Waals surface area contributed by atoms with Crippen molar-refractivity contribution in [2.75, 3.05) is 57.3 Å². The predicted molar refractivity (Wildman–Crippen MR) is 166 cm³/mol. The number of hydrogen-bond donors (Lipinski definition) is 4. The summed E-state index contributed by atoms with van der Waals surface area (Å²) in [6, 6.07) is 5.58. The van der Waals surface area contributed by atoms with Gasteiger partial charge in [0.1, 0.15) is 13.3 Å². The normalized spacial score (nSPS) is 13.4. The topological polar surface area (TPSA) is 139 Å². The molecule has 2 aromatic rings. The van der Waals surface area contributed by atoms with Crippen LogP contribution in [0.5, 0.6) is 5.88 Å². The number of aliphatic carboxylic acids is 1. The van der Waals surface area contributed by atoms with E-state index in [2.05, 4.69) is 45.3 Å². The van der Waals surface area contributed by atoms with Crippen molar-refractivity contribution in [1.29, 1.82) is 5.41 Å². The van der Waals surface area contributed by atoms with Crippen LogP contribution in [0.4, 0.5) is 0 Å². The Balaban J connectivity index is 2.07. The molecule has 2 heterocycles. The van der Waals surface area contributed by atoms with E-state index in [9.17, 15) is 9.90 Å². The van der Waals surface area contributed by atoms with Crippen molar-refractivity contribution in [2.45, 2.75) is 34.6 Å². The number of carboxylic acids is 1. The summed E-state index contributed by atoms with van der Waals surface area (Å²) in [6.07, 6.45) is 12.5.